The lowest BCUT2D eigenvalue weighted by molar-refractivity contribution is -0.121. The molecule has 0 unspecified atom stereocenters. The van der Waals surface area contributed by atoms with Crippen LogP contribution in [0.1, 0.15) is 6.42 Å². The molecule has 0 saturated carbocycles. The van der Waals surface area contributed by atoms with Gasteiger partial charge in [-0.25, -0.2) is 0 Å². The van der Waals surface area contributed by atoms with E-state index < -0.39 is 0 Å². The van der Waals surface area contributed by atoms with Gasteiger partial charge in [0.15, 0.2) is 0 Å². The smallest absolute Gasteiger partial charge is 0.244 e. The highest BCUT2D eigenvalue weighted by molar-refractivity contribution is 6.30. The highest BCUT2D eigenvalue weighted by Gasteiger charge is 2.34. The maximum atomic E-state index is 12.2. The fraction of sp³-hybridized carbons (Fsp3) is 0.385. The Morgan fingerprint density at radius 1 is 1.50 bits per heavy atom. The lowest BCUT2D eigenvalue weighted by atomic mass is 10.2. The van der Waals surface area contributed by atoms with E-state index in [0.717, 1.165) is 12.1 Å². The van der Waals surface area contributed by atoms with Gasteiger partial charge in [0, 0.05) is 17.3 Å². The maximum absolute atomic E-state index is 12.2. The summed E-state index contributed by atoms with van der Waals surface area (Å²) < 4.78 is 0. The highest BCUT2D eigenvalue weighted by atomic mass is 35.5. The number of nitriles is 1. The van der Waals surface area contributed by atoms with Crippen LogP contribution in [0.25, 0.3) is 0 Å². The van der Waals surface area contributed by atoms with Crippen molar-refractivity contribution in [1.82, 2.24) is 4.90 Å². The summed E-state index contributed by atoms with van der Waals surface area (Å²) in [5.74, 6) is 0.0510. The fourth-order valence-corrected chi connectivity index (χ4v) is 2.30. The molecule has 0 aliphatic carbocycles. The molecule has 1 fully saturated rings. The van der Waals surface area contributed by atoms with Gasteiger partial charge in [-0.15, -0.1) is 0 Å². The van der Waals surface area contributed by atoms with Crippen molar-refractivity contribution in [2.75, 3.05) is 25.0 Å². The molecule has 0 aromatic heterocycles. The van der Waals surface area contributed by atoms with Crippen molar-refractivity contribution < 1.29 is 4.79 Å². The van der Waals surface area contributed by atoms with Gasteiger partial charge in [-0.05, 0) is 37.7 Å². The van der Waals surface area contributed by atoms with Crippen LogP contribution < -0.4 is 4.90 Å². The van der Waals surface area contributed by atoms with Crippen LogP contribution in [-0.2, 0) is 4.79 Å². The van der Waals surface area contributed by atoms with Gasteiger partial charge in [-0.3, -0.25) is 9.69 Å². The molecule has 1 aliphatic rings. The lowest BCUT2D eigenvalue weighted by Gasteiger charge is -2.21. The van der Waals surface area contributed by atoms with E-state index in [2.05, 4.69) is 6.07 Å². The minimum atomic E-state index is -0.194. The van der Waals surface area contributed by atoms with E-state index >= 15 is 0 Å². The molecule has 1 aromatic rings. The first-order chi connectivity index (χ1) is 8.63. The van der Waals surface area contributed by atoms with Crippen molar-refractivity contribution in [2.24, 2.45) is 0 Å². The fourth-order valence-electron chi connectivity index (χ4n) is 2.17. The molecular weight excluding hydrogens is 250 g/mol. The Hall–Kier alpha value is -1.57. The average Bonchev–Trinajstić information content (AvgIpc) is 2.73. The van der Waals surface area contributed by atoms with Crippen molar-refractivity contribution in [3.8, 4) is 6.07 Å². The zero-order valence-corrected chi connectivity index (χ0v) is 10.9. The Morgan fingerprint density at radius 3 is 2.78 bits per heavy atom. The number of amides is 1. The molecular formula is C13H14ClN3O. The lowest BCUT2D eigenvalue weighted by Crippen LogP contribution is -2.39. The molecule has 0 N–H and O–H groups in total. The van der Waals surface area contributed by atoms with Gasteiger partial charge in [0.05, 0.1) is 18.7 Å². The molecule has 1 aliphatic heterocycles. The van der Waals surface area contributed by atoms with E-state index in [-0.39, 0.29) is 18.5 Å². The zero-order valence-electron chi connectivity index (χ0n) is 10.1. The molecule has 1 amide bonds. The minimum absolute atomic E-state index is 0.0510. The molecule has 94 valence electrons. The summed E-state index contributed by atoms with van der Waals surface area (Å²) in [5.41, 5.74) is 0.859. The summed E-state index contributed by atoms with van der Waals surface area (Å²) >= 11 is 5.83. The topological polar surface area (TPSA) is 47.3 Å². The summed E-state index contributed by atoms with van der Waals surface area (Å²) in [6.45, 7) is 0.950. The second-order valence-corrected chi connectivity index (χ2v) is 4.78. The van der Waals surface area contributed by atoms with E-state index in [1.807, 2.05) is 12.1 Å². The van der Waals surface area contributed by atoms with Crippen molar-refractivity contribution in [1.29, 1.82) is 5.26 Å². The van der Waals surface area contributed by atoms with E-state index in [1.54, 1.807) is 29.0 Å². The van der Waals surface area contributed by atoms with Crippen LogP contribution >= 0.6 is 11.6 Å². The number of benzene rings is 1. The molecule has 0 radical (unpaired) electrons. The molecule has 1 aromatic carbocycles. The van der Waals surface area contributed by atoms with Crippen molar-refractivity contribution in [3.05, 3.63) is 29.3 Å². The van der Waals surface area contributed by atoms with E-state index in [9.17, 15) is 4.79 Å². The minimum Gasteiger partial charge on any atom is -0.311 e. The predicted octanol–water partition coefficient (Wildman–Crippen LogP) is 1.90. The molecule has 1 atom stereocenters. The Morgan fingerprint density at radius 2 is 2.17 bits per heavy atom. The van der Waals surface area contributed by atoms with Crippen LogP contribution in [0.3, 0.4) is 0 Å². The number of hydrogen-bond donors (Lipinski definition) is 0. The Bertz CT molecular complexity index is 480. The second kappa shape index (κ2) is 5.38. The monoisotopic (exact) mass is 263 g/mol. The number of hydrogen-bond acceptors (Lipinski definition) is 3. The Balaban J connectivity index is 2.12. The van der Waals surface area contributed by atoms with Crippen LogP contribution in [-0.4, -0.2) is 37.0 Å². The van der Waals surface area contributed by atoms with Crippen molar-refractivity contribution in [3.63, 3.8) is 0 Å². The summed E-state index contributed by atoms with van der Waals surface area (Å²) in [7, 11) is 1.80. The maximum Gasteiger partial charge on any atom is 0.244 e. The molecule has 1 heterocycles. The largest absolute Gasteiger partial charge is 0.311 e. The summed E-state index contributed by atoms with van der Waals surface area (Å²) in [6, 6.07) is 9.10. The average molecular weight is 264 g/mol. The number of carbonyl (C=O) groups excluding carboxylic acids is 1. The normalized spacial score (nSPS) is 19.3. The summed E-state index contributed by atoms with van der Waals surface area (Å²) in [5, 5.41) is 9.32. The molecule has 5 heteroatoms. The van der Waals surface area contributed by atoms with Gasteiger partial charge < -0.3 is 4.90 Å². The first kappa shape index (κ1) is 12.9. The van der Waals surface area contributed by atoms with Gasteiger partial charge in [0.1, 0.15) is 0 Å². The van der Waals surface area contributed by atoms with Crippen LogP contribution in [0.4, 0.5) is 5.69 Å². The van der Waals surface area contributed by atoms with E-state index in [1.165, 1.54) is 0 Å². The number of anilines is 1. The van der Waals surface area contributed by atoms with Gasteiger partial charge in [-0.2, -0.15) is 5.26 Å². The number of carbonyl (C=O) groups is 1. The van der Waals surface area contributed by atoms with Crippen LogP contribution in [0.5, 0.6) is 0 Å². The summed E-state index contributed by atoms with van der Waals surface area (Å²) in [6.07, 6.45) is 0.750. The molecule has 0 bridgehead atoms. The molecule has 2 rings (SSSR count). The third kappa shape index (κ3) is 2.47. The molecule has 4 nitrogen and oxygen atoms in total. The standard InChI is InChI=1S/C13H14ClN3O/c1-16(9-7-15)12-6-8-17(13(12)18)11-4-2-10(14)3-5-11/h2-5,12H,6,8-9H2,1H3/t12-/m0/s1. The Kier molecular flexibility index (Phi) is 3.85. The zero-order chi connectivity index (χ0) is 13.1. The molecule has 1 saturated heterocycles. The number of likely N-dealkylation sites (N-methyl/N-ethyl adjacent to an activating group) is 1. The highest BCUT2D eigenvalue weighted by Crippen LogP contribution is 2.25. The third-order valence-electron chi connectivity index (χ3n) is 3.17. The molecule has 0 spiro atoms. The van der Waals surface area contributed by atoms with E-state index in [4.69, 9.17) is 16.9 Å². The van der Waals surface area contributed by atoms with Crippen molar-refractivity contribution >= 4 is 23.2 Å². The first-order valence-corrected chi connectivity index (χ1v) is 6.15. The van der Waals surface area contributed by atoms with Crippen molar-refractivity contribution in [2.45, 2.75) is 12.5 Å². The van der Waals surface area contributed by atoms with Crippen LogP contribution in [0.2, 0.25) is 5.02 Å². The van der Waals surface area contributed by atoms with Crippen LogP contribution in [0, 0.1) is 11.3 Å². The van der Waals surface area contributed by atoms with E-state index in [0.29, 0.717) is 11.6 Å². The third-order valence-corrected chi connectivity index (χ3v) is 3.42. The number of rotatable bonds is 3. The van der Waals surface area contributed by atoms with Gasteiger partial charge >= 0.3 is 0 Å². The summed E-state index contributed by atoms with van der Waals surface area (Å²) in [4.78, 5) is 15.8. The SMILES string of the molecule is CN(CC#N)[C@H]1CCN(c2ccc(Cl)cc2)C1=O. The predicted molar refractivity (Wildman–Crippen MR) is 70.5 cm³/mol. The number of nitrogens with zero attached hydrogens (tertiary/aromatic N) is 3. The van der Waals surface area contributed by atoms with Gasteiger partial charge in [0.2, 0.25) is 5.91 Å². The van der Waals surface area contributed by atoms with Gasteiger partial charge in [0.25, 0.3) is 0 Å². The molecule has 18 heavy (non-hydrogen) atoms. The quantitative estimate of drug-likeness (QED) is 0.783. The van der Waals surface area contributed by atoms with Crippen LogP contribution in [0.15, 0.2) is 24.3 Å². The Labute approximate surface area is 111 Å². The van der Waals surface area contributed by atoms with Gasteiger partial charge in [-0.1, -0.05) is 11.6 Å². The number of halogens is 1. The first-order valence-electron chi connectivity index (χ1n) is 5.77. The second-order valence-electron chi connectivity index (χ2n) is 4.34.